The van der Waals surface area contributed by atoms with Crippen LogP contribution < -0.4 is 10.1 Å². The second-order valence-electron chi connectivity index (χ2n) is 7.07. The van der Waals surface area contributed by atoms with E-state index in [1.165, 1.54) is 11.8 Å². The molecule has 0 unspecified atom stereocenters. The molecule has 0 atom stereocenters. The number of anilines is 1. The summed E-state index contributed by atoms with van der Waals surface area (Å²) in [6.07, 6.45) is 0.368. The molecule has 0 aliphatic rings. The van der Waals surface area contributed by atoms with Crippen molar-refractivity contribution in [3.8, 4) is 28.3 Å². The van der Waals surface area contributed by atoms with Crippen molar-refractivity contribution in [2.45, 2.75) is 18.5 Å². The summed E-state index contributed by atoms with van der Waals surface area (Å²) in [6, 6.07) is 27.8. The molecule has 0 radical (unpaired) electrons. The number of aromatic nitrogens is 2. The van der Waals surface area contributed by atoms with E-state index in [9.17, 15) is 4.79 Å². The van der Waals surface area contributed by atoms with Crippen molar-refractivity contribution < 1.29 is 9.53 Å². The first kappa shape index (κ1) is 21.7. The molecule has 0 bridgehead atoms. The quantitative estimate of drug-likeness (QED) is 0.300. The number of H-pyrrole nitrogens is 1. The van der Waals surface area contributed by atoms with Crippen molar-refractivity contribution >= 4 is 23.4 Å². The lowest BCUT2D eigenvalue weighted by molar-refractivity contribution is -0.115. The molecule has 2 N–H and O–H groups in total. The number of amides is 1. The average molecular weight is 444 g/mol. The highest BCUT2D eigenvalue weighted by Gasteiger charge is 2.15. The maximum Gasteiger partial charge on any atom is 0.225 e. The Balaban J connectivity index is 1.44. The smallest absolute Gasteiger partial charge is 0.225 e. The van der Waals surface area contributed by atoms with Gasteiger partial charge in [0.05, 0.1) is 23.7 Å². The van der Waals surface area contributed by atoms with Gasteiger partial charge in [-0.15, -0.1) is 0 Å². The predicted molar refractivity (Wildman–Crippen MR) is 131 cm³/mol. The normalized spacial score (nSPS) is 10.7. The molecule has 0 aliphatic carbocycles. The highest BCUT2D eigenvalue weighted by Crippen LogP contribution is 2.32. The minimum Gasteiger partial charge on any atom is -0.492 e. The average Bonchev–Trinajstić information content (AvgIpc) is 3.26. The van der Waals surface area contributed by atoms with Crippen LogP contribution in [0.3, 0.4) is 0 Å². The molecule has 5 nitrogen and oxygen atoms in total. The van der Waals surface area contributed by atoms with Crippen molar-refractivity contribution in [2.75, 3.05) is 17.7 Å². The first-order valence-corrected chi connectivity index (χ1v) is 11.6. The molecule has 0 saturated heterocycles. The number of hydrogen-bond donors (Lipinski definition) is 2. The van der Waals surface area contributed by atoms with Gasteiger partial charge < -0.3 is 15.0 Å². The largest absolute Gasteiger partial charge is 0.492 e. The molecule has 0 spiro atoms. The van der Waals surface area contributed by atoms with Gasteiger partial charge in [0.25, 0.3) is 0 Å². The standard InChI is InChI=1S/C26H25N3O2S/c1-2-31-22-16-10-9-15-21(22)27-23(30)17-18-32-26-28-24(19-11-5-3-6-12-19)25(29-26)20-13-7-4-8-14-20/h3-16H,2,17-18H2,1H3,(H,27,30)(H,28,29). The van der Waals surface area contributed by atoms with Crippen molar-refractivity contribution in [1.29, 1.82) is 0 Å². The molecule has 1 heterocycles. The van der Waals surface area contributed by atoms with Gasteiger partial charge in [0, 0.05) is 23.3 Å². The number of thioether (sulfide) groups is 1. The van der Waals surface area contributed by atoms with Crippen LogP contribution in [-0.4, -0.2) is 28.2 Å². The van der Waals surface area contributed by atoms with E-state index in [1.807, 2.05) is 67.6 Å². The molecule has 4 rings (SSSR count). The third-order valence-electron chi connectivity index (χ3n) is 4.82. The number of carbonyl (C=O) groups is 1. The third-order valence-corrected chi connectivity index (χ3v) is 5.70. The lowest BCUT2D eigenvalue weighted by Crippen LogP contribution is -2.13. The lowest BCUT2D eigenvalue weighted by Gasteiger charge is -2.10. The molecule has 162 valence electrons. The zero-order valence-corrected chi connectivity index (χ0v) is 18.7. The minimum atomic E-state index is -0.0530. The molecule has 4 aromatic rings. The SMILES string of the molecule is CCOc1ccccc1NC(=O)CCSc1nc(-c2ccccc2)c(-c2ccccc2)[nH]1. The second kappa shape index (κ2) is 10.7. The summed E-state index contributed by atoms with van der Waals surface area (Å²) in [5.41, 5.74) is 4.72. The zero-order valence-electron chi connectivity index (χ0n) is 17.9. The molecule has 0 aliphatic heterocycles. The Kier molecular flexibility index (Phi) is 7.25. The van der Waals surface area contributed by atoms with Crippen LogP contribution in [0.1, 0.15) is 13.3 Å². The van der Waals surface area contributed by atoms with Crippen LogP contribution in [0, 0.1) is 0 Å². The van der Waals surface area contributed by atoms with Crippen molar-refractivity contribution in [3.63, 3.8) is 0 Å². The van der Waals surface area contributed by atoms with E-state index in [0.717, 1.165) is 27.7 Å². The molecule has 1 aromatic heterocycles. The van der Waals surface area contributed by atoms with E-state index in [1.54, 1.807) is 0 Å². The number of hydrogen-bond acceptors (Lipinski definition) is 4. The van der Waals surface area contributed by atoms with Gasteiger partial charge >= 0.3 is 0 Å². The summed E-state index contributed by atoms with van der Waals surface area (Å²) in [4.78, 5) is 20.7. The Hall–Kier alpha value is -3.51. The number of nitrogens with one attached hydrogen (secondary N) is 2. The lowest BCUT2D eigenvalue weighted by atomic mass is 10.1. The molecular weight excluding hydrogens is 418 g/mol. The van der Waals surface area contributed by atoms with Crippen molar-refractivity contribution in [1.82, 2.24) is 9.97 Å². The molecule has 3 aromatic carbocycles. The van der Waals surface area contributed by atoms with E-state index in [-0.39, 0.29) is 5.91 Å². The molecule has 1 amide bonds. The predicted octanol–water partition coefficient (Wildman–Crippen LogP) is 6.26. The maximum atomic E-state index is 12.5. The van der Waals surface area contributed by atoms with Crippen LogP contribution >= 0.6 is 11.8 Å². The van der Waals surface area contributed by atoms with Gasteiger partial charge in [-0.3, -0.25) is 4.79 Å². The Bertz CT molecular complexity index is 1100. The fourth-order valence-corrected chi connectivity index (χ4v) is 4.15. The number of nitrogens with zero attached hydrogens (tertiary/aromatic N) is 1. The second-order valence-corrected chi connectivity index (χ2v) is 8.16. The monoisotopic (exact) mass is 443 g/mol. The van der Waals surface area contributed by atoms with E-state index in [2.05, 4.69) is 34.6 Å². The number of imidazole rings is 1. The summed E-state index contributed by atoms with van der Waals surface area (Å²) in [5, 5.41) is 3.74. The molecule has 6 heteroatoms. The summed E-state index contributed by atoms with van der Waals surface area (Å²) in [7, 11) is 0. The van der Waals surface area contributed by atoms with Crippen molar-refractivity contribution in [2.24, 2.45) is 0 Å². The van der Waals surface area contributed by atoms with Gasteiger partial charge in [-0.2, -0.15) is 0 Å². The summed E-state index contributed by atoms with van der Waals surface area (Å²) >= 11 is 1.54. The number of rotatable bonds is 9. The number of carbonyl (C=O) groups excluding carboxylic acids is 1. The highest BCUT2D eigenvalue weighted by molar-refractivity contribution is 7.99. The number of para-hydroxylation sites is 2. The summed E-state index contributed by atoms with van der Waals surface area (Å²) < 4.78 is 5.58. The van der Waals surface area contributed by atoms with E-state index in [0.29, 0.717) is 30.2 Å². The molecule has 32 heavy (non-hydrogen) atoms. The van der Waals surface area contributed by atoms with Gasteiger partial charge in [0.1, 0.15) is 5.75 Å². The number of ether oxygens (including phenoxy) is 1. The van der Waals surface area contributed by atoms with Crippen LogP contribution in [0.5, 0.6) is 5.75 Å². The molecule has 0 saturated carbocycles. The fourth-order valence-electron chi connectivity index (χ4n) is 3.34. The van der Waals surface area contributed by atoms with Gasteiger partial charge in [0.2, 0.25) is 5.91 Å². The van der Waals surface area contributed by atoms with E-state index >= 15 is 0 Å². The van der Waals surface area contributed by atoms with E-state index in [4.69, 9.17) is 9.72 Å². The number of benzene rings is 3. The van der Waals surface area contributed by atoms with Gasteiger partial charge in [-0.25, -0.2) is 4.98 Å². The van der Waals surface area contributed by atoms with Gasteiger partial charge in [-0.1, -0.05) is 84.6 Å². The van der Waals surface area contributed by atoms with Crippen molar-refractivity contribution in [3.05, 3.63) is 84.9 Å². The summed E-state index contributed by atoms with van der Waals surface area (Å²) in [5.74, 6) is 1.24. The fraction of sp³-hybridized carbons (Fsp3) is 0.154. The zero-order chi connectivity index (χ0) is 22.2. The molecule has 0 fully saturated rings. The van der Waals surface area contributed by atoms with Crippen LogP contribution in [0.2, 0.25) is 0 Å². The first-order valence-electron chi connectivity index (χ1n) is 10.6. The third kappa shape index (κ3) is 5.39. The topological polar surface area (TPSA) is 67.0 Å². The Labute approximate surface area is 192 Å². The van der Waals surface area contributed by atoms with Crippen LogP contribution in [0.4, 0.5) is 5.69 Å². The van der Waals surface area contributed by atoms with Gasteiger partial charge in [-0.05, 0) is 19.1 Å². The Morgan fingerprint density at radius 2 is 1.59 bits per heavy atom. The Morgan fingerprint density at radius 1 is 0.938 bits per heavy atom. The maximum absolute atomic E-state index is 12.5. The van der Waals surface area contributed by atoms with Crippen LogP contribution in [0.25, 0.3) is 22.5 Å². The first-order chi connectivity index (χ1) is 15.7. The van der Waals surface area contributed by atoms with Crippen LogP contribution in [0.15, 0.2) is 90.1 Å². The summed E-state index contributed by atoms with van der Waals surface area (Å²) in [6.45, 7) is 2.47. The Morgan fingerprint density at radius 3 is 2.31 bits per heavy atom. The molecular formula is C26H25N3O2S. The minimum absolute atomic E-state index is 0.0530. The number of aromatic amines is 1. The van der Waals surface area contributed by atoms with Crippen LogP contribution in [-0.2, 0) is 4.79 Å². The van der Waals surface area contributed by atoms with E-state index < -0.39 is 0 Å². The highest BCUT2D eigenvalue weighted by atomic mass is 32.2. The van der Waals surface area contributed by atoms with Gasteiger partial charge in [0.15, 0.2) is 5.16 Å².